The topological polar surface area (TPSA) is 97.3 Å². The number of hydrogen-bond donors (Lipinski definition) is 2. The van der Waals surface area contributed by atoms with E-state index < -0.39 is 5.56 Å². The molecule has 0 aliphatic carbocycles. The van der Waals surface area contributed by atoms with Gasteiger partial charge in [0.25, 0.3) is 5.56 Å². The van der Waals surface area contributed by atoms with E-state index in [1.54, 1.807) is 30.6 Å². The molecule has 0 amide bonds. The minimum absolute atomic E-state index is 0.0582. The highest BCUT2D eigenvalue weighted by molar-refractivity contribution is 5.83. The average Bonchev–Trinajstić information content (AvgIpc) is 2.71. The molecule has 1 aliphatic rings. The molecular formula is C20H21N5O2. The summed E-state index contributed by atoms with van der Waals surface area (Å²) in [5.41, 5.74) is 8.63. The molecule has 0 unspecified atom stereocenters. The van der Waals surface area contributed by atoms with Gasteiger partial charge >= 0.3 is 0 Å². The first kappa shape index (κ1) is 17.1. The third-order valence-electron chi connectivity index (χ3n) is 4.78. The van der Waals surface area contributed by atoms with Crippen LogP contribution in [0.15, 0.2) is 53.6 Å². The van der Waals surface area contributed by atoms with Crippen LogP contribution in [0.25, 0.3) is 16.9 Å². The Morgan fingerprint density at radius 2 is 1.89 bits per heavy atom. The molecule has 4 rings (SSSR count). The van der Waals surface area contributed by atoms with Gasteiger partial charge in [0.05, 0.1) is 11.4 Å². The second-order valence-electron chi connectivity index (χ2n) is 6.64. The van der Waals surface area contributed by atoms with Crippen LogP contribution in [0, 0.1) is 0 Å². The van der Waals surface area contributed by atoms with Crippen LogP contribution in [0.1, 0.15) is 19.3 Å². The Hall–Kier alpha value is -3.35. The van der Waals surface area contributed by atoms with Crippen molar-refractivity contribution in [3.05, 3.63) is 59.1 Å². The molecule has 1 aliphatic heterocycles. The number of phenolic OH excluding ortho intramolecular Hbond substituents is 1. The van der Waals surface area contributed by atoms with Gasteiger partial charge in [-0.1, -0.05) is 6.07 Å². The van der Waals surface area contributed by atoms with Gasteiger partial charge in [-0.3, -0.25) is 9.78 Å². The minimum Gasteiger partial charge on any atom is -0.508 e. The smallest absolute Gasteiger partial charge is 0.296 e. The van der Waals surface area contributed by atoms with E-state index in [9.17, 15) is 9.90 Å². The van der Waals surface area contributed by atoms with Crippen molar-refractivity contribution in [3.8, 4) is 22.7 Å². The lowest BCUT2D eigenvalue weighted by Crippen LogP contribution is -2.35. The highest BCUT2D eigenvalue weighted by atomic mass is 16.3. The van der Waals surface area contributed by atoms with Crippen molar-refractivity contribution in [2.45, 2.75) is 19.3 Å². The summed E-state index contributed by atoms with van der Waals surface area (Å²) in [6, 6.07) is 10.1. The number of nitrogen functional groups attached to an aromatic ring is 1. The van der Waals surface area contributed by atoms with Crippen LogP contribution < -0.4 is 16.2 Å². The van der Waals surface area contributed by atoms with Gasteiger partial charge in [0.1, 0.15) is 17.1 Å². The van der Waals surface area contributed by atoms with Crippen LogP contribution in [0.3, 0.4) is 0 Å². The van der Waals surface area contributed by atoms with E-state index in [1.807, 2.05) is 12.1 Å². The lowest BCUT2D eigenvalue weighted by atomic mass is 10.1. The molecule has 1 aromatic carbocycles. The van der Waals surface area contributed by atoms with Crippen LogP contribution in [-0.2, 0) is 0 Å². The zero-order valence-corrected chi connectivity index (χ0v) is 14.9. The number of aromatic nitrogens is 3. The predicted octanol–water partition coefficient (Wildman–Crippen LogP) is 2.57. The molecule has 3 aromatic rings. The van der Waals surface area contributed by atoms with E-state index in [4.69, 9.17) is 5.73 Å². The lowest BCUT2D eigenvalue weighted by Gasteiger charge is -2.31. The van der Waals surface area contributed by atoms with Crippen LogP contribution in [-0.4, -0.2) is 33.0 Å². The zero-order chi connectivity index (χ0) is 18.8. The van der Waals surface area contributed by atoms with E-state index >= 15 is 0 Å². The summed E-state index contributed by atoms with van der Waals surface area (Å²) in [5, 5.41) is 14.4. The number of rotatable bonds is 3. The largest absolute Gasteiger partial charge is 0.508 e. The number of aromatic hydroxyl groups is 1. The van der Waals surface area contributed by atoms with Gasteiger partial charge in [0.15, 0.2) is 0 Å². The van der Waals surface area contributed by atoms with Crippen LogP contribution in [0.5, 0.6) is 5.75 Å². The van der Waals surface area contributed by atoms with Gasteiger partial charge in [-0.25, -0.2) is 0 Å². The van der Waals surface area contributed by atoms with Crippen molar-refractivity contribution >= 4 is 11.4 Å². The molecule has 0 radical (unpaired) electrons. The van der Waals surface area contributed by atoms with Gasteiger partial charge in [0.2, 0.25) is 0 Å². The van der Waals surface area contributed by atoms with Gasteiger partial charge in [0, 0.05) is 37.1 Å². The molecule has 7 heteroatoms. The number of anilines is 2. The number of benzene rings is 1. The molecule has 0 saturated carbocycles. The second kappa shape index (κ2) is 7.11. The Kier molecular flexibility index (Phi) is 4.50. The van der Waals surface area contributed by atoms with Crippen molar-refractivity contribution in [1.29, 1.82) is 0 Å². The van der Waals surface area contributed by atoms with E-state index in [-0.39, 0.29) is 11.4 Å². The number of phenols is 1. The Morgan fingerprint density at radius 1 is 1.07 bits per heavy atom. The summed E-state index contributed by atoms with van der Waals surface area (Å²) < 4.78 is 1.24. The first-order valence-corrected chi connectivity index (χ1v) is 9.03. The van der Waals surface area contributed by atoms with E-state index in [2.05, 4.69) is 15.0 Å². The standard InChI is InChI=1S/C20H21N5O2/c21-17-19(24-10-2-1-3-11-24)18(14-6-5-9-22-13-14)23-25(20(17)27)15-7-4-8-16(26)12-15/h4-9,12-13,26H,1-3,10-11,21H2. The lowest BCUT2D eigenvalue weighted by molar-refractivity contribution is 0.474. The van der Waals surface area contributed by atoms with Crippen molar-refractivity contribution in [1.82, 2.24) is 14.8 Å². The van der Waals surface area contributed by atoms with Crippen LogP contribution in [0.2, 0.25) is 0 Å². The molecule has 2 aromatic heterocycles. The molecule has 27 heavy (non-hydrogen) atoms. The molecule has 1 saturated heterocycles. The highest BCUT2D eigenvalue weighted by Gasteiger charge is 2.24. The maximum absolute atomic E-state index is 13.0. The molecule has 0 bridgehead atoms. The summed E-state index contributed by atoms with van der Waals surface area (Å²) in [5.74, 6) is 0.0582. The summed E-state index contributed by atoms with van der Waals surface area (Å²) in [7, 11) is 0. The van der Waals surface area contributed by atoms with Gasteiger partial charge in [-0.2, -0.15) is 9.78 Å². The molecule has 3 heterocycles. The van der Waals surface area contributed by atoms with Crippen molar-refractivity contribution in [3.63, 3.8) is 0 Å². The fraction of sp³-hybridized carbons (Fsp3) is 0.250. The van der Waals surface area contributed by atoms with Gasteiger partial charge < -0.3 is 15.7 Å². The molecule has 3 N–H and O–H groups in total. The Balaban J connectivity index is 1.96. The number of pyridine rings is 1. The summed E-state index contributed by atoms with van der Waals surface area (Å²) in [6.45, 7) is 1.68. The Bertz CT molecular complexity index is 1010. The fourth-order valence-corrected chi connectivity index (χ4v) is 3.47. The van der Waals surface area contributed by atoms with Gasteiger partial charge in [-0.15, -0.1) is 0 Å². The third kappa shape index (κ3) is 3.23. The summed E-state index contributed by atoms with van der Waals surface area (Å²) in [4.78, 5) is 19.3. The van der Waals surface area contributed by atoms with Crippen molar-refractivity contribution in [2.24, 2.45) is 0 Å². The third-order valence-corrected chi connectivity index (χ3v) is 4.78. The first-order chi connectivity index (χ1) is 13.1. The van der Waals surface area contributed by atoms with Crippen LogP contribution >= 0.6 is 0 Å². The Morgan fingerprint density at radius 3 is 2.59 bits per heavy atom. The molecule has 7 nitrogen and oxygen atoms in total. The van der Waals surface area contributed by atoms with E-state index in [1.165, 1.54) is 17.2 Å². The first-order valence-electron chi connectivity index (χ1n) is 9.03. The zero-order valence-electron chi connectivity index (χ0n) is 14.9. The molecule has 138 valence electrons. The summed E-state index contributed by atoms with van der Waals surface area (Å²) >= 11 is 0. The number of nitrogens with two attached hydrogens (primary N) is 1. The summed E-state index contributed by atoms with van der Waals surface area (Å²) in [6.07, 6.45) is 6.70. The van der Waals surface area contributed by atoms with E-state index in [0.717, 1.165) is 31.5 Å². The average molecular weight is 363 g/mol. The quantitative estimate of drug-likeness (QED) is 0.742. The number of piperidine rings is 1. The molecular weight excluding hydrogens is 342 g/mol. The molecule has 1 fully saturated rings. The highest BCUT2D eigenvalue weighted by Crippen LogP contribution is 2.34. The fourth-order valence-electron chi connectivity index (χ4n) is 3.47. The van der Waals surface area contributed by atoms with Crippen molar-refractivity contribution < 1.29 is 5.11 Å². The monoisotopic (exact) mass is 363 g/mol. The predicted molar refractivity (Wildman–Crippen MR) is 105 cm³/mol. The minimum atomic E-state index is -0.395. The van der Waals surface area contributed by atoms with E-state index in [0.29, 0.717) is 17.1 Å². The normalized spacial score (nSPS) is 14.3. The maximum Gasteiger partial charge on any atom is 0.296 e. The number of nitrogens with zero attached hydrogens (tertiary/aromatic N) is 4. The molecule has 0 atom stereocenters. The SMILES string of the molecule is Nc1c(N2CCCCC2)c(-c2cccnc2)nn(-c2cccc(O)c2)c1=O. The maximum atomic E-state index is 13.0. The molecule has 0 spiro atoms. The Labute approximate surface area is 156 Å². The van der Waals surface area contributed by atoms with Crippen LogP contribution in [0.4, 0.5) is 11.4 Å². The second-order valence-corrected chi connectivity index (χ2v) is 6.64. The number of hydrogen-bond acceptors (Lipinski definition) is 6. The van der Waals surface area contributed by atoms with Crippen molar-refractivity contribution in [2.75, 3.05) is 23.7 Å². The van der Waals surface area contributed by atoms with Gasteiger partial charge in [-0.05, 0) is 43.5 Å².